The third kappa shape index (κ3) is 2.31. The van der Waals surface area contributed by atoms with E-state index >= 15 is 0 Å². The monoisotopic (exact) mass is 150 g/mol. The van der Waals surface area contributed by atoms with Crippen LogP contribution in [0.5, 0.6) is 0 Å². The fraction of sp³-hybridized carbons (Fsp3) is 0.444. The van der Waals surface area contributed by atoms with E-state index < -0.39 is 0 Å². The van der Waals surface area contributed by atoms with E-state index in [0.29, 0.717) is 0 Å². The van der Waals surface area contributed by atoms with Crippen LogP contribution < -0.4 is 5.73 Å². The van der Waals surface area contributed by atoms with Gasteiger partial charge in [0.25, 0.3) is 0 Å². The molecule has 1 aliphatic heterocycles. The molecule has 1 aliphatic rings. The van der Waals surface area contributed by atoms with Gasteiger partial charge in [-0.3, -0.25) is 4.99 Å². The number of nitrogens with zero attached hydrogens (tertiary/aromatic N) is 1. The molecule has 0 aromatic rings. The van der Waals surface area contributed by atoms with Crippen molar-refractivity contribution in [2.24, 2.45) is 10.7 Å². The first-order valence-corrected chi connectivity index (χ1v) is 3.86. The molecule has 2 heteroatoms. The van der Waals surface area contributed by atoms with Gasteiger partial charge in [-0.1, -0.05) is 13.0 Å². The molecule has 0 aromatic heterocycles. The van der Waals surface area contributed by atoms with Gasteiger partial charge < -0.3 is 5.73 Å². The molecule has 0 bridgehead atoms. The molecule has 11 heavy (non-hydrogen) atoms. The first kappa shape index (κ1) is 8.21. The highest BCUT2D eigenvalue weighted by molar-refractivity contribution is 5.95. The maximum Gasteiger partial charge on any atom is 0.0517 e. The van der Waals surface area contributed by atoms with E-state index in [0.717, 1.165) is 12.1 Å². The van der Waals surface area contributed by atoms with E-state index in [9.17, 15) is 0 Å². The molecule has 2 nitrogen and oxygen atoms in total. The highest BCUT2D eigenvalue weighted by atomic mass is 14.8. The number of allylic oxidation sites excluding steroid dienone is 1. The van der Waals surface area contributed by atoms with Gasteiger partial charge in [0.1, 0.15) is 0 Å². The van der Waals surface area contributed by atoms with Crippen LogP contribution >= 0.6 is 0 Å². The SMILES string of the molecule is CCC1=NC=CC(C)(N)C=C1. The number of hydrogen-bond acceptors (Lipinski definition) is 2. The Morgan fingerprint density at radius 1 is 1.55 bits per heavy atom. The Morgan fingerprint density at radius 3 is 2.91 bits per heavy atom. The van der Waals surface area contributed by atoms with Gasteiger partial charge in [-0.05, 0) is 25.5 Å². The van der Waals surface area contributed by atoms with Crippen molar-refractivity contribution in [3.63, 3.8) is 0 Å². The van der Waals surface area contributed by atoms with Gasteiger partial charge in [0.15, 0.2) is 0 Å². The zero-order chi connectivity index (χ0) is 8.32. The van der Waals surface area contributed by atoms with E-state index in [-0.39, 0.29) is 5.54 Å². The van der Waals surface area contributed by atoms with Crippen LogP contribution in [0.3, 0.4) is 0 Å². The van der Waals surface area contributed by atoms with E-state index in [2.05, 4.69) is 11.9 Å². The second-order valence-corrected chi connectivity index (χ2v) is 2.99. The Kier molecular flexibility index (Phi) is 2.25. The van der Waals surface area contributed by atoms with Gasteiger partial charge >= 0.3 is 0 Å². The van der Waals surface area contributed by atoms with Crippen molar-refractivity contribution in [2.45, 2.75) is 25.8 Å². The lowest BCUT2D eigenvalue weighted by Crippen LogP contribution is -2.30. The van der Waals surface area contributed by atoms with E-state index in [4.69, 9.17) is 5.73 Å². The molecule has 0 aliphatic carbocycles. The second-order valence-electron chi connectivity index (χ2n) is 2.99. The Morgan fingerprint density at radius 2 is 2.27 bits per heavy atom. The van der Waals surface area contributed by atoms with Crippen LogP contribution in [0.25, 0.3) is 0 Å². The molecule has 1 atom stereocenters. The summed E-state index contributed by atoms with van der Waals surface area (Å²) in [6.07, 6.45) is 8.58. The van der Waals surface area contributed by atoms with Gasteiger partial charge in [0.2, 0.25) is 0 Å². The summed E-state index contributed by atoms with van der Waals surface area (Å²) in [5.74, 6) is 0. The summed E-state index contributed by atoms with van der Waals surface area (Å²) in [5, 5.41) is 0. The average Bonchev–Trinajstić information content (AvgIpc) is 2.10. The summed E-state index contributed by atoms with van der Waals surface area (Å²) in [4.78, 5) is 4.21. The van der Waals surface area contributed by atoms with Crippen molar-refractivity contribution in [3.05, 3.63) is 24.4 Å². The van der Waals surface area contributed by atoms with Crippen LogP contribution in [0.15, 0.2) is 29.4 Å². The normalized spacial score (nSPS) is 29.9. The molecule has 0 amide bonds. The summed E-state index contributed by atoms with van der Waals surface area (Å²) in [7, 11) is 0. The molecule has 0 saturated heterocycles. The van der Waals surface area contributed by atoms with Crippen molar-refractivity contribution < 1.29 is 0 Å². The lowest BCUT2D eigenvalue weighted by molar-refractivity contribution is 0.735. The molecule has 0 fully saturated rings. The van der Waals surface area contributed by atoms with Crippen LogP contribution in [0, 0.1) is 0 Å². The minimum absolute atomic E-state index is 0.333. The highest BCUT2D eigenvalue weighted by Crippen LogP contribution is 2.08. The third-order valence-corrected chi connectivity index (χ3v) is 1.67. The molecule has 1 heterocycles. The Bertz CT molecular complexity index is 222. The predicted octanol–water partition coefficient (Wildman–Crippen LogP) is 1.64. The topological polar surface area (TPSA) is 38.4 Å². The van der Waals surface area contributed by atoms with Gasteiger partial charge in [-0.15, -0.1) is 0 Å². The number of rotatable bonds is 1. The average molecular weight is 150 g/mol. The summed E-state index contributed by atoms with van der Waals surface area (Å²) in [6, 6.07) is 0. The Labute approximate surface area is 67.5 Å². The Hall–Kier alpha value is -0.890. The molecule has 60 valence electrons. The van der Waals surface area contributed by atoms with E-state index in [1.807, 2.05) is 25.2 Å². The molecule has 0 saturated carbocycles. The first-order valence-electron chi connectivity index (χ1n) is 3.86. The van der Waals surface area contributed by atoms with E-state index in [1.165, 1.54) is 0 Å². The molecular weight excluding hydrogens is 136 g/mol. The fourth-order valence-corrected chi connectivity index (χ4v) is 0.877. The zero-order valence-corrected chi connectivity index (χ0v) is 7.04. The highest BCUT2D eigenvalue weighted by Gasteiger charge is 2.10. The minimum atomic E-state index is -0.333. The van der Waals surface area contributed by atoms with Crippen LogP contribution in [0.1, 0.15) is 20.3 Å². The zero-order valence-electron chi connectivity index (χ0n) is 7.04. The van der Waals surface area contributed by atoms with Gasteiger partial charge in [-0.2, -0.15) is 0 Å². The van der Waals surface area contributed by atoms with Crippen molar-refractivity contribution >= 4 is 5.71 Å². The van der Waals surface area contributed by atoms with Crippen molar-refractivity contribution in [1.29, 1.82) is 0 Å². The quantitative estimate of drug-likeness (QED) is 0.606. The number of hydrogen-bond donors (Lipinski definition) is 1. The maximum absolute atomic E-state index is 5.85. The van der Waals surface area contributed by atoms with Gasteiger partial charge in [0.05, 0.1) is 5.54 Å². The molecule has 1 unspecified atom stereocenters. The third-order valence-electron chi connectivity index (χ3n) is 1.67. The minimum Gasteiger partial charge on any atom is -0.319 e. The Balaban J connectivity index is 2.83. The summed E-state index contributed by atoms with van der Waals surface area (Å²) in [6.45, 7) is 4.03. The molecule has 0 aromatic carbocycles. The van der Waals surface area contributed by atoms with Crippen LogP contribution in [0.2, 0.25) is 0 Å². The standard InChI is InChI=1S/C9H14N2/c1-3-8-4-5-9(2,10)6-7-11-8/h4-7H,3,10H2,1-2H3. The smallest absolute Gasteiger partial charge is 0.0517 e. The van der Waals surface area contributed by atoms with Gasteiger partial charge in [0, 0.05) is 11.9 Å². The predicted molar refractivity (Wildman–Crippen MR) is 48.6 cm³/mol. The maximum atomic E-state index is 5.85. The van der Waals surface area contributed by atoms with Crippen molar-refractivity contribution in [2.75, 3.05) is 0 Å². The van der Waals surface area contributed by atoms with E-state index in [1.54, 1.807) is 6.20 Å². The van der Waals surface area contributed by atoms with Crippen LogP contribution in [0.4, 0.5) is 0 Å². The summed E-state index contributed by atoms with van der Waals surface area (Å²) in [5.41, 5.74) is 6.59. The van der Waals surface area contributed by atoms with Gasteiger partial charge in [-0.25, -0.2) is 0 Å². The van der Waals surface area contributed by atoms with Crippen LogP contribution in [-0.4, -0.2) is 11.3 Å². The summed E-state index contributed by atoms with van der Waals surface area (Å²) < 4.78 is 0. The lowest BCUT2D eigenvalue weighted by atomic mass is 10.0. The van der Waals surface area contributed by atoms with Crippen LogP contribution in [-0.2, 0) is 0 Å². The van der Waals surface area contributed by atoms with Crippen molar-refractivity contribution in [1.82, 2.24) is 0 Å². The fourth-order valence-electron chi connectivity index (χ4n) is 0.877. The molecular formula is C9H14N2. The van der Waals surface area contributed by atoms with Crippen molar-refractivity contribution in [3.8, 4) is 0 Å². The first-order chi connectivity index (χ1) is 5.14. The summed E-state index contributed by atoms with van der Waals surface area (Å²) >= 11 is 0. The largest absolute Gasteiger partial charge is 0.319 e. The molecule has 1 rings (SSSR count). The lowest BCUT2D eigenvalue weighted by Gasteiger charge is -2.12. The molecule has 0 radical (unpaired) electrons. The second kappa shape index (κ2) is 3.01. The molecule has 2 N–H and O–H groups in total. The number of aliphatic imine (C=N–C) groups is 1. The number of nitrogens with two attached hydrogens (primary N) is 1. The molecule has 0 spiro atoms.